The molecule has 2 amide bonds. The standard InChI is InChI=1S/C31H31Br2ClN4O7/c1-4-43-25-13-20(28-27(30(40)42-3)17(2)36-31(41)37-28)8-9-24(25)44-16-26(39)38-35-14-19-11-22(32)29(23(33)12-19)45-15-18-6-5-7-21(34)10-18/h5-14,26,28,38-39H,4,15-16H2,1-3H3,(H2,36,37,41)/b35-14+/t26-,28+/m0/s1. The van der Waals surface area contributed by atoms with Gasteiger partial charge in [0.15, 0.2) is 17.7 Å². The van der Waals surface area contributed by atoms with Gasteiger partial charge in [-0.3, -0.25) is 5.43 Å². The number of nitrogens with zero attached hydrogens (tertiary/aromatic N) is 1. The number of esters is 1. The Morgan fingerprint density at radius 3 is 2.56 bits per heavy atom. The Morgan fingerprint density at radius 1 is 1.11 bits per heavy atom. The van der Waals surface area contributed by atoms with Gasteiger partial charge in [-0.25, -0.2) is 9.59 Å². The topological polar surface area (TPSA) is 140 Å². The minimum absolute atomic E-state index is 0.156. The van der Waals surface area contributed by atoms with Crippen LogP contribution < -0.4 is 30.3 Å². The van der Waals surface area contributed by atoms with Gasteiger partial charge in [-0.1, -0.05) is 29.8 Å². The number of benzene rings is 3. The van der Waals surface area contributed by atoms with E-state index in [9.17, 15) is 14.7 Å². The highest BCUT2D eigenvalue weighted by molar-refractivity contribution is 9.11. The van der Waals surface area contributed by atoms with E-state index < -0.39 is 24.3 Å². The fraction of sp³-hybridized carbons (Fsp3) is 0.258. The molecule has 14 heteroatoms. The molecule has 4 N–H and O–H groups in total. The number of rotatable bonds is 13. The van der Waals surface area contributed by atoms with Crippen LogP contribution >= 0.6 is 43.5 Å². The highest BCUT2D eigenvalue weighted by atomic mass is 79.9. The predicted octanol–water partition coefficient (Wildman–Crippen LogP) is 5.96. The smallest absolute Gasteiger partial charge is 0.337 e. The number of ether oxygens (including phenoxy) is 4. The maximum absolute atomic E-state index is 12.4. The number of aliphatic hydroxyl groups excluding tert-OH is 1. The summed E-state index contributed by atoms with van der Waals surface area (Å²) in [5.41, 5.74) is 5.54. The van der Waals surface area contributed by atoms with Crippen molar-refractivity contribution in [3.8, 4) is 17.2 Å². The van der Waals surface area contributed by atoms with Gasteiger partial charge in [-0.05, 0) is 98.8 Å². The first-order valence-corrected chi connectivity index (χ1v) is 15.6. The Labute approximate surface area is 282 Å². The lowest BCUT2D eigenvalue weighted by atomic mass is 9.95. The van der Waals surface area contributed by atoms with Crippen LogP contribution in [0.1, 0.15) is 36.6 Å². The molecule has 0 bridgehead atoms. The van der Waals surface area contributed by atoms with E-state index in [4.69, 9.17) is 30.5 Å². The zero-order valence-corrected chi connectivity index (χ0v) is 28.5. The number of methoxy groups -OCH3 is 1. The van der Waals surface area contributed by atoms with Crippen molar-refractivity contribution in [1.82, 2.24) is 16.1 Å². The summed E-state index contributed by atoms with van der Waals surface area (Å²) in [5, 5.41) is 20.5. The molecular weight excluding hydrogens is 736 g/mol. The van der Waals surface area contributed by atoms with Crippen LogP contribution in [0, 0.1) is 0 Å². The monoisotopic (exact) mass is 764 g/mol. The van der Waals surface area contributed by atoms with E-state index in [2.05, 4.69) is 53.0 Å². The first-order chi connectivity index (χ1) is 21.6. The zero-order valence-electron chi connectivity index (χ0n) is 24.5. The van der Waals surface area contributed by atoms with Crippen LogP contribution in [-0.2, 0) is 16.1 Å². The third-order valence-corrected chi connectivity index (χ3v) is 7.82. The predicted molar refractivity (Wildman–Crippen MR) is 177 cm³/mol. The van der Waals surface area contributed by atoms with Gasteiger partial charge in [0.1, 0.15) is 19.0 Å². The van der Waals surface area contributed by atoms with Crippen LogP contribution in [0.2, 0.25) is 5.02 Å². The molecule has 0 aromatic heterocycles. The van der Waals surface area contributed by atoms with Gasteiger partial charge in [0, 0.05) is 10.7 Å². The Kier molecular flexibility index (Phi) is 12.1. The molecule has 11 nitrogen and oxygen atoms in total. The maximum Gasteiger partial charge on any atom is 0.337 e. The molecule has 0 spiro atoms. The van der Waals surface area contributed by atoms with Gasteiger partial charge in [0.05, 0.1) is 40.5 Å². The first kappa shape index (κ1) is 34.1. The van der Waals surface area contributed by atoms with E-state index in [0.29, 0.717) is 55.7 Å². The van der Waals surface area contributed by atoms with Crippen molar-refractivity contribution < 1.29 is 33.6 Å². The summed E-state index contributed by atoms with van der Waals surface area (Å²) in [6, 6.07) is 14.9. The lowest BCUT2D eigenvalue weighted by molar-refractivity contribution is -0.136. The first-order valence-electron chi connectivity index (χ1n) is 13.7. The average molecular weight is 767 g/mol. The number of carbonyl (C=O) groups excluding carboxylic acids is 2. The molecule has 0 saturated carbocycles. The molecule has 0 radical (unpaired) electrons. The van der Waals surface area contributed by atoms with Crippen LogP contribution in [0.4, 0.5) is 4.79 Å². The van der Waals surface area contributed by atoms with E-state index in [1.54, 1.807) is 37.4 Å². The normalized spacial score (nSPS) is 15.3. The second-order valence-electron chi connectivity index (χ2n) is 9.65. The van der Waals surface area contributed by atoms with Crippen molar-refractivity contribution >= 4 is 61.7 Å². The second-order valence-corrected chi connectivity index (χ2v) is 11.8. The molecule has 3 aromatic rings. The van der Waals surface area contributed by atoms with E-state index in [0.717, 1.165) is 11.1 Å². The molecule has 238 valence electrons. The average Bonchev–Trinajstić information content (AvgIpc) is 2.99. The molecule has 0 unspecified atom stereocenters. The van der Waals surface area contributed by atoms with Crippen LogP contribution in [0.15, 0.2) is 79.9 Å². The third kappa shape index (κ3) is 9.13. The Balaban J connectivity index is 1.37. The van der Waals surface area contributed by atoms with E-state index in [1.807, 2.05) is 37.3 Å². The van der Waals surface area contributed by atoms with Crippen LogP contribution in [0.25, 0.3) is 0 Å². The van der Waals surface area contributed by atoms with Gasteiger partial charge in [0.25, 0.3) is 0 Å². The molecule has 1 aliphatic heterocycles. The molecule has 0 aliphatic carbocycles. The summed E-state index contributed by atoms with van der Waals surface area (Å²) in [5.74, 6) is 0.774. The number of nitrogens with one attached hydrogen (secondary N) is 3. The van der Waals surface area contributed by atoms with E-state index in [1.165, 1.54) is 7.11 Å². The molecule has 2 atom stereocenters. The number of hydrogen-bond acceptors (Lipinski definition) is 9. The summed E-state index contributed by atoms with van der Waals surface area (Å²) < 4.78 is 23.9. The number of allylic oxidation sites excluding steroid dienone is 1. The Morgan fingerprint density at radius 2 is 1.87 bits per heavy atom. The molecule has 1 aliphatic rings. The van der Waals surface area contributed by atoms with Gasteiger partial charge < -0.3 is 34.7 Å². The number of carbonyl (C=O) groups is 2. The van der Waals surface area contributed by atoms with Crippen molar-refractivity contribution in [2.24, 2.45) is 5.10 Å². The highest BCUT2D eigenvalue weighted by Gasteiger charge is 2.32. The molecule has 0 saturated heterocycles. The lowest BCUT2D eigenvalue weighted by Crippen LogP contribution is -2.45. The van der Waals surface area contributed by atoms with Gasteiger partial charge >= 0.3 is 12.0 Å². The van der Waals surface area contributed by atoms with Crippen molar-refractivity contribution in [3.05, 3.63) is 96.5 Å². The quantitative estimate of drug-likeness (QED) is 0.0724. The number of halogens is 3. The van der Waals surface area contributed by atoms with Gasteiger partial charge in [-0.2, -0.15) is 5.10 Å². The van der Waals surface area contributed by atoms with Crippen molar-refractivity contribution in [3.63, 3.8) is 0 Å². The Bertz CT molecular complexity index is 1600. The number of hydrogen-bond donors (Lipinski definition) is 4. The van der Waals surface area contributed by atoms with E-state index >= 15 is 0 Å². The number of hydrazone groups is 1. The fourth-order valence-electron chi connectivity index (χ4n) is 4.39. The summed E-state index contributed by atoms with van der Waals surface area (Å²) >= 11 is 13.1. The molecule has 4 rings (SSSR count). The fourth-order valence-corrected chi connectivity index (χ4v) is 6.06. The van der Waals surface area contributed by atoms with Crippen molar-refractivity contribution in [2.45, 2.75) is 32.7 Å². The van der Waals surface area contributed by atoms with Crippen molar-refractivity contribution in [2.75, 3.05) is 20.3 Å². The lowest BCUT2D eigenvalue weighted by Gasteiger charge is -2.28. The second kappa shape index (κ2) is 16.0. The minimum atomic E-state index is -1.15. The van der Waals surface area contributed by atoms with Crippen LogP contribution in [0.5, 0.6) is 17.2 Å². The molecule has 45 heavy (non-hydrogen) atoms. The minimum Gasteiger partial charge on any atom is -0.490 e. The summed E-state index contributed by atoms with van der Waals surface area (Å²) in [7, 11) is 1.27. The number of amides is 2. The third-order valence-electron chi connectivity index (χ3n) is 6.40. The number of urea groups is 1. The van der Waals surface area contributed by atoms with Crippen LogP contribution in [-0.4, -0.2) is 49.9 Å². The zero-order chi connectivity index (χ0) is 32.5. The number of aliphatic hydroxyl groups is 1. The molecule has 1 heterocycles. The van der Waals surface area contributed by atoms with Gasteiger partial charge in [-0.15, -0.1) is 0 Å². The molecule has 3 aromatic carbocycles. The summed E-state index contributed by atoms with van der Waals surface area (Å²) in [6.07, 6.45) is 0.393. The maximum atomic E-state index is 12.4. The SMILES string of the molecule is CCOc1cc([C@H]2NC(=O)NC(C)=C2C(=O)OC)ccc1OC[C@H](O)N/N=C/c1cc(Br)c(OCc2cccc(Cl)c2)c(Br)c1. The summed E-state index contributed by atoms with van der Waals surface area (Å²) in [4.78, 5) is 24.6. The largest absolute Gasteiger partial charge is 0.490 e. The Hall–Kier alpha value is -3.78. The van der Waals surface area contributed by atoms with Gasteiger partial charge in [0.2, 0.25) is 0 Å². The van der Waals surface area contributed by atoms with Crippen LogP contribution in [0.3, 0.4) is 0 Å². The molecular formula is C31H31Br2ClN4O7. The summed E-state index contributed by atoms with van der Waals surface area (Å²) in [6.45, 7) is 3.95. The van der Waals surface area contributed by atoms with E-state index in [-0.39, 0.29) is 12.2 Å². The van der Waals surface area contributed by atoms with Crippen molar-refractivity contribution in [1.29, 1.82) is 0 Å². The highest BCUT2D eigenvalue weighted by Crippen LogP contribution is 2.36. The molecule has 0 fully saturated rings.